The molecule has 0 saturated carbocycles. The van der Waals surface area contributed by atoms with Crippen molar-refractivity contribution in [3.8, 4) is 0 Å². The first-order valence-corrected chi connectivity index (χ1v) is 22.8. The molecular formula is C46H90O7. The second kappa shape index (κ2) is 43.9. The van der Waals surface area contributed by atoms with Crippen molar-refractivity contribution in [2.45, 2.75) is 234 Å². The van der Waals surface area contributed by atoms with Crippen LogP contribution in [0.5, 0.6) is 0 Å². The fourth-order valence-electron chi connectivity index (χ4n) is 5.87. The normalized spacial score (nSPS) is 13.4. The Labute approximate surface area is 330 Å². The Morgan fingerprint density at radius 3 is 0.906 bits per heavy atom. The van der Waals surface area contributed by atoms with Crippen molar-refractivity contribution >= 4 is 0 Å². The van der Waals surface area contributed by atoms with Gasteiger partial charge in [0.05, 0.1) is 0 Å². The summed E-state index contributed by atoms with van der Waals surface area (Å²) in [6.07, 6.45) is 36.8. The van der Waals surface area contributed by atoms with Crippen molar-refractivity contribution in [3.05, 3.63) is 24.3 Å². The quantitative estimate of drug-likeness (QED) is 0.0349. The number of unbranched alkanes of at least 4 members (excludes halogenated alkanes) is 16. The summed E-state index contributed by atoms with van der Waals surface area (Å²) in [7, 11) is 0. The zero-order valence-electron chi connectivity index (χ0n) is 36.1. The summed E-state index contributed by atoms with van der Waals surface area (Å²) in [5, 5.41) is 0. The Morgan fingerprint density at radius 2 is 0.623 bits per heavy atom. The molecule has 0 amide bonds. The van der Waals surface area contributed by atoms with E-state index in [9.17, 15) is 0 Å². The second-order valence-corrected chi connectivity index (χ2v) is 14.6. The van der Waals surface area contributed by atoms with Gasteiger partial charge in [-0.05, 0) is 63.5 Å². The van der Waals surface area contributed by atoms with Gasteiger partial charge in [0, 0.05) is 52.5 Å². The molecule has 0 bridgehead atoms. The van der Waals surface area contributed by atoms with Crippen molar-refractivity contribution in [3.63, 3.8) is 0 Å². The van der Waals surface area contributed by atoms with Crippen LogP contribution in [-0.4, -0.2) is 64.8 Å². The van der Waals surface area contributed by atoms with Gasteiger partial charge in [-0.25, -0.2) is 0 Å². The average molecular weight is 755 g/mol. The minimum atomic E-state index is -0.487. The molecule has 0 radical (unpaired) electrons. The predicted molar refractivity (Wildman–Crippen MR) is 224 cm³/mol. The SMILES string of the molecule is CCCCCCCOC(CCC=CC(OCCC)OC(C=CCCC(OCCCCCCC)OCCCCCCC)OCCC)OCCCCCCC. The van der Waals surface area contributed by atoms with E-state index in [2.05, 4.69) is 53.7 Å². The van der Waals surface area contributed by atoms with Gasteiger partial charge in [-0.3, -0.25) is 0 Å². The molecule has 0 aliphatic rings. The molecular weight excluding hydrogens is 664 g/mol. The monoisotopic (exact) mass is 755 g/mol. The van der Waals surface area contributed by atoms with Crippen molar-refractivity contribution in [2.24, 2.45) is 0 Å². The van der Waals surface area contributed by atoms with Gasteiger partial charge in [-0.15, -0.1) is 0 Å². The van der Waals surface area contributed by atoms with Gasteiger partial charge in [0.25, 0.3) is 0 Å². The Morgan fingerprint density at radius 1 is 0.321 bits per heavy atom. The van der Waals surface area contributed by atoms with Crippen molar-refractivity contribution in [1.82, 2.24) is 0 Å². The molecule has 0 aromatic heterocycles. The molecule has 2 atom stereocenters. The van der Waals surface area contributed by atoms with Gasteiger partial charge in [0.1, 0.15) is 0 Å². The summed E-state index contributed by atoms with van der Waals surface area (Å²) >= 11 is 0. The molecule has 7 heteroatoms. The lowest BCUT2D eigenvalue weighted by molar-refractivity contribution is -0.207. The molecule has 0 fully saturated rings. The van der Waals surface area contributed by atoms with E-state index in [1.54, 1.807) is 0 Å². The average Bonchev–Trinajstić information content (AvgIpc) is 3.17. The van der Waals surface area contributed by atoms with Gasteiger partial charge in [0.15, 0.2) is 25.2 Å². The van der Waals surface area contributed by atoms with E-state index < -0.39 is 12.6 Å². The van der Waals surface area contributed by atoms with E-state index in [0.29, 0.717) is 13.2 Å². The summed E-state index contributed by atoms with van der Waals surface area (Å²) < 4.78 is 43.5. The van der Waals surface area contributed by atoms with Crippen LogP contribution in [0.4, 0.5) is 0 Å². The Balaban J connectivity index is 5.15. The van der Waals surface area contributed by atoms with Crippen molar-refractivity contribution < 1.29 is 33.2 Å². The highest BCUT2D eigenvalue weighted by atomic mass is 16.8. The molecule has 0 N–H and O–H groups in total. The maximum absolute atomic E-state index is 6.37. The minimum Gasteiger partial charge on any atom is -0.353 e. The van der Waals surface area contributed by atoms with Gasteiger partial charge in [-0.2, -0.15) is 0 Å². The van der Waals surface area contributed by atoms with Crippen LogP contribution < -0.4 is 0 Å². The lowest BCUT2D eigenvalue weighted by atomic mass is 10.2. The molecule has 0 aromatic rings. The molecule has 0 aromatic carbocycles. The minimum absolute atomic E-state index is 0.171. The van der Waals surface area contributed by atoms with Gasteiger partial charge in [-0.1, -0.05) is 156 Å². The molecule has 0 heterocycles. The number of hydrogen-bond donors (Lipinski definition) is 0. The highest BCUT2D eigenvalue weighted by Crippen LogP contribution is 2.15. The maximum atomic E-state index is 6.37. The molecule has 53 heavy (non-hydrogen) atoms. The summed E-state index contributed by atoms with van der Waals surface area (Å²) in [5.74, 6) is 0. The fraction of sp³-hybridized carbons (Fsp3) is 0.913. The van der Waals surface area contributed by atoms with Crippen LogP contribution in [0, 0.1) is 0 Å². The van der Waals surface area contributed by atoms with Crippen molar-refractivity contribution in [2.75, 3.05) is 39.6 Å². The molecule has 0 spiro atoms. The van der Waals surface area contributed by atoms with Crippen LogP contribution >= 0.6 is 0 Å². The molecule has 7 nitrogen and oxygen atoms in total. The maximum Gasteiger partial charge on any atom is 0.180 e. The van der Waals surface area contributed by atoms with Crippen molar-refractivity contribution in [1.29, 1.82) is 0 Å². The number of hydrogen-bond acceptors (Lipinski definition) is 7. The van der Waals surface area contributed by atoms with Crippen LogP contribution in [0.2, 0.25) is 0 Å². The van der Waals surface area contributed by atoms with Crippen LogP contribution in [-0.2, 0) is 33.2 Å². The molecule has 2 unspecified atom stereocenters. The summed E-state index contributed by atoms with van der Waals surface area (Å²) in [5.41, 5.74) is 0. The topological polar surface area (TPSA) is 64.6 Å². The van der Waals surface area contributed by atoms with E-state index in [1.807, 2.05) is 12.2 Å². The third-order valence-electron chi connectivity index (χ3n) is 9.17. The first-order valence-electron chi connectivity index (χ1n) is 22.8. The lowest BCUT2D eigenvalue weighted by Crippen LogP contribution is -2.25. The van der Waals surface area contributed by atoms with E-state index in [1.165, 1.54) is 103 Å². The number of rotatable bonds is 44. The van der Waals surface area contributed by atoms with Gasteiger partial charge >= 0.3 is 0 Å². The number of allylic oxidation sites excluding steroid dienone is 2. The van der Waals surface area contributed by atoms with E-state index in [4.69, 9.17) is 33.2 Å². The molecule has 0 rings (SSSR count). The first-order chi connectivity index (χ1) is 26.1. The standard InChI is InChI=1S/C46H90O7/c1-7-13-17-21-29-39-49-43(50-40-30-22-18-14-8-2)33-25-27-35-45(47-37-11-5)53-46(48-38-12-6)36-28-26-34-44(51-41-31-23-19-15-9-3)52-42-32-24-20-16-10-4/h27-28,35-36,43-46H,7-26,29-34,37-42H2,1-6H3. The molecule has 316 valence electrons. The fourth-order valence-corrected chi connectivity index (χ4v) is 5.87. The zero-order valence-corrected chi connectivity index (χ0v) is 36.1. The number of ether oxygens (including phenoxy) is 7. The molecule has 0 saturated heterocycles. The summed E-state index contributed by atoms with van der Waals surface area (Å²) in [6.45, 7) is 17.5. The lowest BCUT2D eigenvalue weighted by Gasteiger charge is -2.22. The molecule has 0 aliphatic heterocycles. The van der Waals surface area contributed by atoms with E-state index in [-0.39, 0.29) is 12.6 Å². The highest BCUT2D eigenvalue weighted by Gasteiger charge is 2.15. The Hall–Kier alpha value is -0.800. The van der Waals surface area contributed by atoms with Crippen LogP contribution in [0.25, 0.3) is 0 Å². The van der Waals surface area contributed by atoms with E-state index >= 15 is 0 Å². The molecule has 0 aliphatic carbocycles. The Kier molecular flexibility index (Phi) is 43.3. The Bertz CT molecular complexity index is 653. The van der Waals surface area contributed by atoms with Gasteiger partial charge < -0.3 is 33.2 Å². The van der Waals surface area contributed by atoms with E-state index in [0.717, 1.165) is 90.6 Å². The van der Waals surface area contributed by atoms with Crippen LogP contribution in [0.15, 0.2) is 24.3 Å². The third-order valence-corrected chi connectivity index (χ3v) is 9.17. The largest absolute Gasteiger partial charge is 0.353 e. The highest BCUT2D eigenvalue weighted by molar-refractivity contribution is 4.90. The van der Waals surface area contributed by atoms with Gasteiger partial charge in [0.2, 0.25) is 0 Å². The zero-order chi connectivity index (χ0) is 38.7. The second-order valence-electron chi connectivity index (χ2n) is 14.6. The van der Waals surface area contributed by atoms with Crippen LogP contribution in [0.1, 0.15) is 208 Å². The third kappa shape index (κ3) is 37.9. The van der Waals surface area contributed by atoms with Crippen LogP contribution in [0.3, 0.4) is 0 Å². The first kappa shape index (κ1) is 52.2. The predicted octanol–water partition coefficient (Wildman–Crippen LogP) is 13.8. The summed E-state index contributed by atoms with van der Waals surface area (Å²) in [6, 6.07) is 0. The summed E-state index contributed by atoms with van der Waals surface area (Å²) in [4.78, 5) is 0. The smallest absolute Gasteiger partial charge is 0.180 e.